The van der Waals surface area contributed by atoms with Crippen LogP contribution in [0.1, 0.15) is 5.56 Å². The van der Waals surface area contributed by atoms with E-state index in [2.05, 4.69) is 5.32 Å². The molecule has 166 valence electrons. The lowest BCUT2D eigenvalue weighted by molar-refractivity contribution is -0.122. The highest BCUT2D eigenvalue weighted by Gasteiger charge is 2.37. The van der Waals surface area contributed by atoms with E-state index >= 15 is 0 Å². The number of benzene rings is 3. The Balaban J connectivity index is 1.68. The van der Waals surface area contributed by atoms with Crippen molar-refractivity contribution in [2.45, 2.75) is 17.9 Å². The molecule has 0 bridgehead atoms. The SMILES string of the molecule is COc1cccc(NC(=O)[C@H]2CN(S(=O)(=O)c3ccc(C)cc3)c3cc(Cl)ccc3O2)c1. The second-order valence-corrected chi connectivity index (χ2v) is 9.59. The topological polar surface area (TPSA) is 84.9 Å². The molecule has 0 aromatic heterocycles. The molecule has 0 saturated heterocycles. The number of hydrogen-bond acceptors (Lipinski definition) is 5. The van der Waals surface area contributed by atoms with Crippen molar-refractivity contribution < 1.29 is 22.7 Å². The summed E-state index contributed by atoms with van der Waals surface area (Å²) < 4.78 is 39.1. The summed E-state index contributed by atoms with van der Waals surface area (Å²) in [4.78, 5) is 13.1. The minimum atomic E-state index is -3.96. The van der Waals surface area contributed by atoms with Crippen molar-refractivity contribution in [3.63, 3.8) is 0 Å². The number of nitrogens with one attached hydrogen (secondary N) is 1. The van der Waals surface area contributed by atoms with E-state index in [1.54, 1.807) is 48.5 Å². The first-order valence-corrected chi connectivity index (χ1v) is 11.6. The highest BCUT2D eigenvalue weighted by atomic mass is 35.5. The molecule has 1 heterocycles. The summed E-state index contributed by atoms with van der Waals surface area (Å²) in [6.45, 7) is 1.67. The fourth-order valence-electron chi connectivity index (χ4n) is 3.35. The summed E-state index contributed by atoms with van der Waals surface area (Å²) in [7, 11) is -2.44. The monoisotopic (exact) mass is 472 g/mol. The molecule has 0 aliphatic carbocycles. The van der Waals surface area contributed by atoms with Crippen molar-refractivity contribution in [2.24, 2.45) is 0 Å². The zero-order valence-electron chi connectivity index (χ0n) is 17.4. The predicted molar refractivity (Wildman–Crippen MR) is 123 cm³/mol. The smallest absolute Gasteiger partial charge is 0.267 e. The van der Waals surface area contributed by atoms with E-state index in [1.165, 1.54) is 25.3 Å². The summed E-state index contributed by atoms with van der Waals surface area (Å²) in [6, 6.07) is 18.0. The normalized spacial score (nSPS) is 15.5. The lowest BCUT2D eigenvalue weighted by Gasteiger charge is -2.35. The van der Waals surface area contributed by atoms with Gasteiger partial charge in [0.25, 0.3) is 15.9 Å². The summed E-state index contributed by atoms with van der Waals surface area (Å²) in [5, 5.41) is 3.11. The number of sulfonamides is 1. The van der Waals surface area contributed by atoms with Gasteiger partial charge >= 0.3 is 0 Å². The molecule has 1 aliphatic rings. The summed E-state index contributed by atoms with van der Waals surface area (Å²) in [5.74, 6) is 0.348. The number of anilines is 2. The number of carbonyl (C=O) groups is 1. The minimum Gasteiger partial charge on any atom is -0.497 e. The van der Waals surface area contributed by atoms with Gasteiger partial charge in [-0.25, -0.2) is 8.42 Å². The van der Waals surface area contributed by atoms with Gasteiger partial charge in [-0.1, -0.05) is 35.4 Å². The van der Waals surface area contributed by atoms with E-state index in [-0.39, 0.29) is 22.9 Å². The van der Waals surface area contributed by atoms with E-state index in [9.17, 15) is 13.2 Å². The van der Waals surface area contributed by atoms with Gasteiger partial charge in [0, 0.05) is 16.8 Å². The third-order valence-electron chi connectivity index (χ3n) is 5.03. The molecule has 0 saturated carbocycles. The molecular weight excluding hydrogens is 452 g/mol. The Kier molecular flexibility index (Phi) is 5.99. The molecule has 1 amide bonds. The van der Waals surface area contributed by atoms with Crippen molar-refractivity contribution in [3.8, 4) is 11.5 Å². The lowest BCUT2D eigenvalue weighted by atomic mass is 10.2. The van der Waals surface area contributed by atoms with Crippen LogP contribution in [0.3, 0.4) is 0 Å². The van der Waals surface area contributed by atoms with Crippen molar-refractivity contribution in [1.82, 2.24) is 0 Å². The van der Waals surface area contributed by atoms with E-state index < -0.39 is 22.0 Å². The van der Waals surface area contributed by atoms with Crippen LogP contribution in [0.5, 0.6) is 11.5 Å². The Bertz CT molecular complexity index is 1260. The maximum Gasteiger partial charge on any atom is 0.267 e. The number of amides is 1. The molecule has 1 N–H and O–H groups in total. The van der Waals surface area contributed by atoms with Crippen molar-refractivity contribution in [3.05, 3.63) is 77.3 Å². The molecule has 0 unspecified atom stereocenters. The number of methoxy groups -OCH3 is 1. The van der Waals surface area contributed by atoms with Crippen LogP contribution in [0.15, 0.2) is 71.6 Å². The van der Waals surface area contributed by atoms with Crippen LogP contribution in [0.25, 0.3) is 0 Å². The average Bonchev–Trinajstić information content (AvgIpc) is 2.78. The van der Waals surface area contributed by atoms with Gasteiger partial charge < -0.3 is 14.8 Å². The van der Waals surface area contributed by atoms with Gasteiger partial charge in [0.2, 0.25) is 0 Å². The van der Waals surface area contributed by atoms with Gasteiger partial charge in [0.1, 0.15) is 11.5 Å². The van der Waals surface area contributed by atoms with Crippen molar-refractivity contribution >= 4 is 38.9 Å². The van der Waals surface area contributed by atoms with Crippen LogP contribution in [0.4, 0.5) is 11.4 Å². The fourth-order valence-corrected chi connectivity index (χ4v) is 4.98. The number of rotatable bonds is 5. The van der Waals surface area contributed by atoms with Crippen LogP contribution in [0.2, 0.25) is 5.02 Å². The first kappa shape index (κ1) is 22.0. The number of ether oxygens (including phenoxy) is 2. The molecule has 0 fully saturated rings. The third-order valence-corrected chi connectivity index (χ3v) is 7.06. The van der Waals surface area contributed by atoms with Gasteiger partial charge in [-0.05, 0) is 49.4 Å². The Morgan fingerprint density at radius 1 is 1.12 bits per heavy atom. The largest absolute Gasteiger partial charge is 0.497 e. The Labute approximate surface area is 191 Å². The highest BCUT2D eigenvalue weighted by molar-refractivity contribution is 7.92. The summed E-state index contributed by atoms with van der Waals surface area (Å²) in [5.41, 5.74) is 1.72. The van der Waals surface area contributed by atoms with Crippen molar-refractivity contribution in [2.75, 3.05) is 23.3 Å². The molecule has 3 aromatic carbocycles. The molecule has 32 heavy (non-hydrogen) atoms. The quantitative estimate of drug-likeness (QED) is 0.600. The van der Waals surface area contributed by atoms with Crippen LogP contribution < -0.4 is 19.1 Å². The fraction of sp³-hybridized carbons (Fsp3) is 0.174. The number of hydrogen-bond donors (Lipinski definition) is 1. The Morgan fingerprint density at radius 2 is 1.88 bits per heavy atom. The van der Waals surface area contributed by atoms with Crippen LogP contribution >= 0.6 is 11.6 Å². The predicted octanol–water partition coefficient (Wildman–Crippen LogP) is 4.25. The molecule has 1 aliphatic heterocycles. The number of aryl methyl sites for hydroxylation is 1. The Morgan fingerprint density at radius 3 is 2.59 bits per heavy atom. The standard InChI is InChI=1S/C23H21ClN2O5S/c1-15-6-9-19(10-7-15)32(28,29)26-14-22(31-21-11-8-16(24)12-20(21)26)23(27)25-17-4-3-5-18(13-17)30-2/h3-13,22H,14H2,1-2H3,(H,25,27)/t22-/m1/s1. The van der Waals surface area contributed by atoms with Gasteiger partial charge in [0.05, 0.1) is 24.2 Å². The lowest BCUT2D eigenvalue weighted by Crippen LogP contribution is -2.48. The maximum absolute atomic E-state index is 13.5. The van der Waals surface area contributed by atoms with Gasteiger partial charge in [-0.2, -0.15) is 0 Å². The molecule has 1 atom stereocenters. The zero-order valence-corrected chi connectivity index (χ0v) is 19.0. The minimum absolute atomic E-state index is 0.114. The van der Waals surface area contributed by atoms with Crippen molar-refractivity contribution in [1.29, 1.82) is 0 Å². The van der Waals surface area contributed by atoms with E-state index in [0.29, 0.717) is 16.5 Å². The van der Waals surface area contributed by atoms with E-state index in [1.807, 2.05) is 6.92 Å². The number of halogens is 1. The number of fused-ring (bicyclic) bond motifs is 1. The molecular formula is C23H21ClN2O5S. The van der Waals surface area contributed by atoms with Gasteiger partial charge in [-0.3, -0.25) is 9.10 Å². The average molecular weight is 473 g/mol. The Hall–Kier alpha value is -3.23. The van der Waals surface area contributed by atoms with Gasteiger partial charge in [-0.15, -0.1) is 0 Å². The molecule has 0 radical (unpaired) electrons. The molecule has 7 nitrogen and oxygen atoms in total. The van der Waals surface area contributed by atoms with E-state index in [4.69, 9.17) is 21.1 Å². The van der Waals surface area contributed by atoms with Crippen LogP contribution in [-0.4, -0.2) is 34.1 Å². The highest BCUT2D eigenvalue weighted by Crippen LogP contribution is 2.39. The van der Waals surface area contributed by atoms with E-state index in [0.717, 1.165) is 9.87 Å². The molecule has 0 spiro atoms. The van der Waals surface area contributed by atoms with Crippen LogP contribution in [0, 0.1) is 6.92 Å². The zero-order chi connectivity index (χ0) is 22.9. The molecule has 4 rings (SSSR count). The van der Waals surface area contributed by atoms with Crippen LogP contribution in [-0.2, 0) is 14.8 Å². The second-order valence-electron chi connectivity index (χ2n) is 7.29. The first-order valence-electron chi connectivity index (χ1n) is 9.78. The first-order chi connectivity index (χ1) is 15.3. The van der Waals surface area contributed by atoms with Gasteiger partial charge in [0.15, 0.2) is 6.10 Å². The second kappa shape index (κ2) is 8.72. The molecule has 9 heteroatoms. The summed E-state index contributed by atoms with van der Waals surface area (Å²) >= 11 is 6.13. The number of carbonyl (C=O) groups excluding carboxylic acids is 1. The maximum atomic E-state index is 13.5. The number of nitrogens with zero attached hydrogens (tertiary/aromatic N) is 1. The molecule has 3 aromatic rings. The summed E-state index contributed by atoms with van der Waals surface area (Å²) in [6.07, 6.45) is -1.07. The third kappa shape index (κ3) is 4.37.